The highest BCUT2D eigenvalue weighted by Crippen LogP contribution is 2.27. The summed E-state index contributed by atoms with van der Waals surface area (Å²) >= 11 is 5.82. The van der Waals surface area contributed by atoms with E-state index in [1.54, 1.807) is 36.7 Å². The van der Waals surface area contributed by atoms with Crippen LogP contribution in [0.5, 0.6) is 0 Å². The number of aliphatic hydroxyl groups excluding tert-OH is 1. The number of nitrogen functional groups attached to an aromatic ring is 2. The Morgan fingerprint density at radius 1 is 1.22 bits per heavy atom. The molecule has 1 aromatic heterocycles. The number of nitrogens with zero attached hydrogens (tertiary/aromatic N) is 1. The van der Waals surface area contributed by atoms with Gasteiger partial charge < -0.3 is 16.6 Å². The molecule has 5 heteroatoms. The molecule has 1 heterocycles. The Balaban J connectivity index is 2.22. The van der Waals surface area contributed by atoms with Crippen LogP contribution >= 0.6 is 11.6 Å². The van der Waals surface area contributed by atoms with Crippen LogP contribution in [-0.2, 0) is 6.42 Å². The summed E-state index contributed by atoms with van der Waals surface area (Å²) in [6.07, 6.45) is 2.90. The van der Waals surface area contributed by atoms with Crippen LogP contribution in [-0.4, -0.2) is 10.1 Å². The van der Waals surface area contributed by atoms with Crippen molar-refractivity contribution in [1.82, 2.24) is 4.98 Å². The van der Waals surface area contributed by atoms with Crippen LogP contribution in [0.15, 0.2) is 36.7 Å². The minimum Gasteiger partial charge on any atom is -0.398 e. The zero-order chi connectivity index (χ0) is 13.1. The van der Waals surface area contributed by atoms with E-state index in [0.29, 0.717) is 28.4 Å². The monoisotopic (exact) mass is 263 g/mol. The lowest BCUT2D eigenvalue weighted by molar-refractivity contribution is 0.179. The minimum absolute atomic E-state index is 0.367. The predicted octanol–water partition coefficient (Wildman–Crippen LogP) is 2.18. The normalized spacial score (nSPS) is 12.3. The van der Waals surface area contributed by atoms with Crippen LogP contribution in [0.4, 0.5) is 11.4 Å². The summed E-state index contributed by atoms with van der Waals surface area (Å²) in [5.74, 6) is 0. The average Bonchev–Trinajstić information content (AvgIpc) is 2.32. The van der Waals surface area contributed by atoms with Crippen molar-refractivity contribution in [2.24, 2.45) is 0 Å². The summed E-state index contributed by atoms with van der Waals surface area (Å²) in [5, 5.41) is 10.7. The van der Waals surface area contributed by atoms with Crippen molar-refractivity contribution in [2.45, 2.75) is 12.5 Å². The first-order valence-corrected chi connectivity index (χ1v) is 5.87. The number of aliphatic hydroxyl groups is 1. The second-order valence-corrected chi connectivity index (χ2v) is 4.50. The standard InChI is InChI=1S/C13H14ClN3O/c14-9-1-2-10(12(16)6-9)13(18)5-8-7-17-4-3-11(8)15/h1-4,6-7,13,18H,5,16H2,(H2,15,17). The maximum atomic E-state index is 10.2. The molecule has 5 N–H and O–H groups in total. The number of benzene rings is 1. The van der Waals surface area contributed by atoms with Crippen LogP contribution in [0.3, 0.4) is 0 Å². The molecule has 0 aliphatic rings. The molecule has 0 saturated heterocycles. The third-order valence-electron chi connectivity index (χ3n) is 2.76. The van der Waals surface area contributed by atoms with Crippen molar-refractivity contribution in [3.8, 4) is 0 Å². The van der Waals surface area contributed by atoms with E-state index >= 15 is 0 Å². The number of halogens is 1. The molecular formula is C13H14ClN3O. The van der Waals surface area contributed by atoms with Gasteiger partial charge in [0.25, 0.3) is 0 Å². The molecule has 2 aromatic rings. The minimum atomic E-state index is -0.728. The zero-order valence-electron chi connectivity index (χ0n) is 9.68. The van der Waals surface area contributed by atoms with E-state index in [1.165, 1.54) is 0 Å². The number of anilines is 2. The van der Waals surface area contributed by atoms with Gasteiger partial charge in [-0.15, -0.1) is 0 Å². The van der Waals surface area contributed by atoms with E-state index in [9.17, 15) is 5.11 Å². The van der Waals surface area contributed by atoms with E-state index in [0.717, 1.165) is 5.56 Å². The molecular weight excluding hydrogens is 250 g/mol. The third kappa shape index (κ3) is 2.72. The number of nitrogens with two attached hydrogens (primary N) is 2. The van der Waals surface area contributed by atoms with Gasteiger partial charge in [-0.05, 0) is 23.8 Å². The van der Waals surface area contributed by atoms with Crippen LogP contribution in [0.2, 0.25) is 5.02 Å². The number of rotatable bonds is 3. The maximum absolute atomic E-state index is 10.2. The quantitative estimate of drug-likeness (QED) is 0.741. The molecule has 0 aliphatic heterocycles. The fraction of sp³-hybridized carbons (Fsp3) is 0.154. The van der Waals surface area contributed by atoms with Gasteiger partial charge in [-0.2, -0.15) is 0 Å². The Morgan fingerprint density at radius 2 is 2.00 bits per heavy atom. The van der Waals surface area contributed by atoms with Crippen LogP contribution in [0, 0.1) is 0 Å². The van der Waals surface area contributed by atoms with Crippen LogP contribution in [0.25, 0.3) is 0 Å². The molecule has 0 bridgehead atoms. The number of hydrogen-bond acceptors (Lipinski definition) is 4. The van der Waals surface area contributed by atoms with Gasteiger partial charge in [0.1, 0.15) is 0 Å². The first-order valence-electron chi connectivity index (χ1n) is 5.49. The summed E-state index contributed by atoms with van der Waals surface area (Å²) in [6, 6.07) is 6.73. The van der Waals surface area contributed by atoms with Gasteiger partial charge in [0, 0.05) is 40.8 Å². The maximum Gasteiger partial charge on any atom is 0.0851 e. The summed E-state index contributed by atoms with van der Waals surface area (Å²) in [5.41, 5.74) is 14.1. The molecule has 18 heavy (non-hydrogen) atoms. The molecule has 1 aromatic carbocycles. The molecule has 94 valence electrons. The zero-order valence-corrected chi connectivity index (χ0v) is 10.4. The fourth-order valence-electron chi connectivity index (χ4n) is 1.78. The molecule has 1 unspecified atom stereocenters. The lowest BCUT2D eigenvalue weighted by Gasteiger charge is -2.14. The Hall–Kier alpha value is -1.78. The molecule has 0 aliphatic carbocycles. The summed E-state index contributed by atoms with van der Waals surface area (Å²) in [7, 11) is 0. The highest BCUT2D eigenvalue weighted by Gasteiger charge is 2.13. The van der Waals surface area contributed by atoms with Gasteiger partial charge in [0.2, 0.25) is 0 Å². The number of pyridine rings is 1. The Labute approximate surface area is 110 Å². The van der Waals surface area contributed by atoms with Gasteiger partial charge >= 0.3 is 0 Å². The van der Waals surface area contributed by atoms with E-state index in [-0.39, 0.29) is 0 Å². The fourth-order valence-corrected chi connectivity index (χ4v) is 1.96. The molecule has 0 fully saturated rings. The highest BCUT2D eigenvalue weighted by atomic mass is 35.5. The highest BCUT2D eigenvalue weighted by molar-refractivity contribution is 6.30. The van der Waals surface area contributed by atoms with Crippen molar-refractivity contribution in [1.29, 1.82) is 0 Å². The van der Waals surface area contributed by atoms with Gasteiger partial charge in [-0.1, -0.05) is 17.7 Å². The van der Waals surface area contributed by atoms with E-state index in [2.05, 4.69) is 4.98 Å². The third-order valence-corrected chi connectivity index (χ3v) is 3.00. The molecule has 0 spiro atoms. The van der Waals surface area contributed by atoms with Crippen molar-refractivity contribution >= 4 is 23.0 Å². The lowest BCUT2D eigenvalue weighted by atomic mass is 10.0. The van der Waals surface area contributed by atoms with Gasteiger partial charge in [-0.25, -0.2) is 0 Å². The van der Waals surface area contributed by atoms with Gasteiger partial charge in [-0.3, -0.25) is 4.98 Å². The average molecular weight is 264 g/mol. The van der Waals surface area contributed by atoms with Crippen LogP contribution in [0.1, 0.15) is 17.2 Å². The van der Waals surface area contributed by atoms with E-state index in [4.69, 9.17) is 23.1 Å². The molecule has 0 radical (unpaired) electrons. The summed E-state index contributed by atoms with van der Waals surface area (Å²) < 4.78 is 0. The summed E-state index contributed by atoms with van der Waals surface area (Å²) in [4.78, 5) is 3.99. The van der Waals surface area contributed by atoms with E-state index < -0.39 is 6.10 Å². The van der Waals surface area contributed by atoms with Crippen molar-refractivity contribution in [3.63, 3.8) is 0 Å². The molecule has 0 saturated carbocycles. The van der Waals surface area contributed by atoms with Gasteiger partial charge in [0.05, 0.1) is 6.10 Å². The Bertz CT molecular complexity index is 560. The smallest absolute Gasteiger partial charge is 0.0851 e. The SMILES string of the molecule is Nc1ccncc1CC(O)c1ccc(Cl)cc1N. The Morgan fingerprint density at radius 3 is 2.67 bits per heavy atom. The molecule has 4 nitrogen and oxygen atoms in total. The molecule has 0 amide bonds. The van der Waals surface area contributed by atoms with Crippen LogP contribution < -0.4 is 11.5 Å². The first-order chi connectivity index (χ1) is 8.58. The summed E-state index contributed by atoms with van der Waals surface area (Å²) in [6.45, 7) is 0. The Kier molecular flexibility index (Phi) is 3.69. The second kappa shape index (κ2) is 5.25. The second-order valence-electron chi connectivity index (χ2n) is 4.07. The van der Waals surface area contributed by atoms with Crippen molar-refractivity contribution < 1.29 is 5.11 Å². The largest absolute Gasteiger partial charge is 0.398 e. The van der Waals surface area contributed by atoms with Gasteiger partial charge in [0.15, 0.2) is 0 Å². The number of hydrogen-bond donors (Lipinski definition) is 3. The van der Waals surface area contributed by atoms with E-state index in [1.807, 2.05) is 0 Å². The molecule has 2 rings (SSSR count). The first kappa shape index (κ1) is 12.7. The topological polar surface area (TPSA) is 85.2 Å². The lowest BCUT2D eigenvalue weighted by Crippen LogP contribution is -2.07. The predicted molar refractivity (Wildman–Crippen MR) is 73.2 cm³/mol. The van der Waals surface area contributed by atoms with Crippen molar-refractivity contribution in [2.75, 3.05) is 11.5 Å². The van der Waals surface area contributed by atoms with Crippen molar-refractivity contribution in [3.05, 3.63) is 52.8 Å². The number of aromatic nitrogens is 1. The molecule has 1 atom stereocenters.